The zero-order valence-corrected chi connectivity index (χ0v) is 29.3. The lowest BCUT2D eigenvalue weighted by molar-refractivity contribution is -0.143. The normalized spacial score (nSPS) is 26.3. The van der Waals surface area contributed by atoms with Crippen molar-refractivity contribution in [3.63, 3.8) is 0 Å². The van der Waals surface area contributed by atoms with Gasteiger partial charge >= 0.3 is 12.4 Å². The second-order valence-electron chi connectivity index (χ2n) is 14.1. The number of carbonyl (C=O) groups is 4. The van der Waals surface area contributed by atoms with Crippen LogP contribution in [0.25, 0.3) is 0 Å². The molecule has 9 nitrogen and oxygen atoms in total. The van der Waals surface area contributed by atoms with Gasteiger partial charge in [-0.3, -0.25) is 24.6 Å². The van der Waals surface area contributed by atoms with Crippen molar-refractivity contribution in [3.8, 4) is 0 Å². The molecule has 2 aliphatic carbocycles. The SMILES string of the molecule is O=C1C2CC3C(=CCC4C(=O)N(c5cc(C(F)(F)F)cc(C(F)(F)F)c5)C(=O)C43)C(c3ccc(CO)o3)C2(c2ccc(Cl)cc2)C(=O)N1Nc1ccc(F)cc1. The summed E-state index contributed by atoms with van der Waals surface area (Å²) in [4.78, 5) is 58.4. The minimum absolute atomic E-state index is 0.0839. The number of hydrogen-bond donors (Lipinski definition) is 2. The van der Waals surface area contributed by atoms with Crippen molar-refractivity contribution in [2.75, 3.05) is 10.3 Å². The predicted molar refractivity (Wildman–Crippen MR) is 183 cm³/mol. The van der Waals surface area contributed by atoms with Gasteiger partial charge in [-0.2, -0.15) is 31.4 Å². The summed E-state index contributed by atoms with van der Waals surface area (Å²) in [5, 5.41) is 11.0. The molecule has 17 heteroatoms. The van der Waals surface area contributed by atoms with Crippen molar-refractivity contribution in [2.24, 2.45) is 23.7 Å². The first-order valence-corrected chi connectivity index (χ1v) is 17.6. The Balaban J connectivity index is 1.29. The molecule has 6 atom stereocenters. The van der Waals surface area contributed by atoms with Gasteiger partial charge in [0.1, 0.15) is 29.4 Å². The highest BCUT2D eigenvalue weighted by Crippen LogP contribution is 2.64. The standard InChI is InChI=1S/C39H27ClF7N3O6/c40-21-3-1-18(2-4-21)37-29(34(53)50(36(37)55)48-23-7-5-22(41)6-8-23)16-28-26(32(37)30-12-9-25(17-51)56-30)10-11-27-31(28)35(54)49(33(27)52)24-14-19(38(42,43)44)13-20(15-24)39(45,46)47/h1-10,12-15,27-29,31-32,48,51H,11,16-17H2. The largest absolute Gasteiger partial charge is 0.463 e. The van der Waals surface area contributed by atoms with Crippen molar-refractivity contribution >= 4 is 46.6 Å². The summed E-state index contributed by atoms with van der Waals surface area (Å²) < 4.78 is 103. The Morgan fingerprint density at radius 3 is 2.05 bits per heavy atom. The van der Waals surface area contributed by atoms with Gasteiger partial charge in [-0.1, -0.05) is 35.4 Å². The molecule has 0 radical (unpaired) electrons. The number of carbonyl (C=O) groups excluding carboxylic acids is 4. The molecule has 2 aliphatic heterocycles. The first-order valence-electron chi connectivity index (χ1n) is 17.2. The number of aliphatic hydroxyl groups is 1. The van der Waals surface area contributed by atoms with Crippen molar-refractivity contribution < 1.29 is 59.4 Å². The number of allylic oxidation sites excluding steroid dienone is 2. The molecule has 2 saturated heterocycles. The minimum atomic E-state index is -5.26. The highest BCUT2D eigenvalue weighted by Gasteiger charge is 2.71. The van der Waals surface area contributed by atoms with E-state index in [0.29, 0.717) is 33.2 Å². The van der Waals surface area contributed by atoms with E-state index in [1.165, 1.54) is 36.4 Å². The van der Waals surface area contributed by atoms with Crippen LogP contribution in [-0.4, -0.2) is 33.7 Å². The maximum absolute atomic E-state index is 15.1. The first-order chi connectivity index (χ1) is 26.4. The van der Waals surface area contributed by atoms with E-state index in [9.17, 15) is 50.2 Å². The third-order valence-electron chi connectivity index (χ3n) is 11.2. The van der Waals surface area contributed by atoms with Gasteiger partial charge in [0, 0.05) is 5.02 Å². The summed E-state index contributed by atoms with van der Waals surface area (Å²) in [5.74, 6) is -10.3. The van der Waals surface area contributed by atoms with Crippen molar-refractivity contribution in [1.29, 1.82) is 0 Å². The highest BCUT2D eigenvalue weighted by atomic mass is 35.5. The third kappa shape index (κ3) is 5.71. The number of hydrogen-bond acceptors (Lipinski definition) is 7. The summed E-state index contributed by atoms with van der Waals surface area (Å²) in [5.41, 5.74) is -2.58. The molecule has 56 heavy (non-hydrogen) atoms. The molecule has 1 saturated carbocycles. The van der Waals surface area contributed by atoms with Gasteiger partial charge in [0.15, 0.2) is 0 Å². The molecule has 6 unspecified atom stereocenters. The van der Waals surface area contributed by atoms with Crippen molar-refractivity contribution in [3.05, 3.63) is 130 Å². The lowest BCUT2D eigenvalue weighted by atomic mass is 9.50. The summed E-state index contributed by atoms with van der Waals surface area (Å²) in [7, 11) is 0. The molecule has 0 spiro atoms. The average molecular weight is 802 g/mol. The molecule has 4 aliphatic rings. The van der Waals surface area contributed by atoms with E-state index >= 15 is 4.79 Å². The minimum Gasteiger partial charge on any atom is -0.463 e. The summed E-state index contributed by atoms with van der Waals surface area (Å²) in [6.07, 6.45) is -9.39. The summed E-state index contributed by atoms with van der Waals surface area (Å²) in [6.45, 7) is -0.554. The fourth-order valence-corrected chi connectivity index (χ4v) is 9.05. The number of hydrazine groups is 1. The molecule has 8 rings (SSSR count). The molecule has 290 valence electrons. The Hall–Kier alpha value is -5.48. The van der Waals surface area contributed by atoms with Crippen LogP contribution in [0.2, 0.25) is 5.02 Å². The molecule has 3 aromatic carbocycles. The zero-order chi connectivity index (χ0) is 40.1. The topological polar surface area (TPSA) is 120 Å². The predicted octanol–water partition coefficient (Wildman–Crippen LogP) is 7.79. The number of rotatable bonds is 6. The second kappa shape index (κ2) is 13.0. The lowest BCUT2D eigenvalue weighted by Gasteiger charge is -2.49. The number of benzene rings is 3. The van der Waals surface area contributed by atoms with Gasteiger partial charge in [-0.15, -0.1) is 0 Å². The van der Waals surface area contributed by atoms with Gasteiger partial charge in [-0.05, 0) is 91.1 Å². The van der Waals surface area contributed by atoms with Gasteiger partial charge in [0.25, 0.3) is 11.8 Å². The number of nitrogens with zero attached hydrogens (tertiary/aromatic N) is 2. The Labute approximate surface area is 317 Å². The monoisotopic (exact) mass is 801 g/mol. The van der Waals surface area contributed by atoms with Crippen LogP contribution < -0.4 is 10.3 Å². The molecular formula is C39H27ClF7N3O6. The number of furan rings is 1. The molecule has 4 amide bonds. The van der Waals surface area contributed by atoms with E-state index in [1.54, 1.807) is 18.2 Å². The van der Waals surface area contributed by atoms with Crippen LogP contribution >= 0.6 is 11.6 Å². The number of aliphatic hydroxyl groups excluding tert-OH is 1. The van der Waals surface area contributed by atoms with Crippen LogP contribution in [0.15, 0.2) is 94.9 Å². The molecule has 3 fully saturated rings. The van der Waals surface area contributed by atoms with E-state index < -0.39 is 100 Å². The molecule has 1 aromatic heterocycles. The van der Waals surface area contributed by atoms with Crippen LogP contribution in [0.4, 0.5) is 42.1 Å². The summed E-state index contributed by atoms with van der Waals surface area (Å²) in [6, 6.07) is 14.4. The highest BCUT2D eigenvalue weighted by molar-refractivity contribution is 6.30. The Morgan fingerprint density at radius 2 is 1.46 bits per heavy atom. The first kappa shape index (κ1) is 37.4. The van der Waals surface area contributed by atoms with Crippen molar-refractivity contribution in [1.82, 2.24) is 5.01 Å². The van der Waals surface area contributed by atoms with E-state index in [1.807, 2.05) is 0 Å². The maximum Gasteiger partial charge on any atom is 0.416 e. The lowest BCUT2D eigenvalue weighted by Crippen LogP contribution is -2.53. The molecule has 0 bridgehead atoms. The molecular weight excluding hydrogens is 775 g/mol. The fraction of sp³-hybridized carbons (Fsp3) is 0.282. The number of halogens is 8. The van der Waals surface area contributed by atoms with Gasteiger partial charge in [0.2, 0.25) is 11.8 Å². The van der Waals surface area contributed by atoms with Crippen LogP contribution in [0.3, 0.4) is 0 Å². The van der Waals surface area contributed by atoms with E-state index in [0.717, 1.165) is 17.1 Å². The Bertz CT molecular complexity index is 2290. The third-order valence-corrected chi connectivity index (χ3v) is 11.5. The van der Waals surface area contributed by atoms with Crippen molar-refractivity contribution in [2.45, 2.75) is 43.1 Å². The number of amides is 4. The number of imide groups is 2. The zero-order valence-electron chi connectivity index (χ0n) is 28.5. The fourth-order valence-electron chi connectivity index (χ4n) is 8.92. The molecule has 2 N–H and O–H groups in total. The number of anilines is 2. The number of alkyl halides is 6. The summed E-state index contributed by atoms with van der Waals surface area (Å²) >= 11 is 6.25. The number of fused-ring (bicyclic) bond motifs is 4. The van der Waals surface area contributed by atoms with E-state index in [2.05, 4.69) is 5.43 Å². The van der Waals surface area contributed by atoms with Gasteiger partial charge in [0.05, 0.1) is 46.2 Å². The molecule has 3 heterocycles. The van der Waals surface area contributed by atoms with Gasteiger partial charge in [-0.25, -0.2) is 9.29 Å². The smallest absolute Gasteiger partial charge is 0.416 e. The van der Waals surface area contributed by atoms with Crippen LogP contribution in [0, 0.1) is 29.5 Å². The Morgan fingerprint density at radius 1 is 0.821 bits per heavy atom. The van der Waals surface area contributed by atoms with E-state index in [-0.39, 0.29) is 36.1 Å². The molecule has 4 aromatic rings. The average Bonchev–Trinajstić information content (AvgIpc) is 3.79. The van der Waals surface area contributed by atoms with Crippen LogP contribution in [0.5, 0.6) is 0 Å². The quantitative estimate of drug-likeness (QED) is 0.116. The Kier molecular flexibility index (Phi) is 8.73. The van der Waals surface area contributed by atoms with Crippen LogP contribution in [0.1, 0.15) is 47.0 Å². The number of nitrogens with one attached hydrogen (secondary N) is 1. The maximum atomic E-state index is 15.1. The van der Waals surface area contributed by atoms with Crippen LogP contribution in [-0.2, 0) is 43.6 Å². The van der Waals surface area contributed by atoms with E-state index in [4.69, 9.17) is 16.0 Å². The van der Waals surface area contributed by atoms with Gasteiger partial charge < -0.3 is 9.52 Å². The second-order valence-corrected chi connectivity index (χ2v) is 14.5.